The average Bonchev–Trinajstić information content (AvgIpc) is 3.06. The molecule has 0 aromatic carbocycles. The molecule has 0 fully saturated rings. The number of aryl methyl sites for hydroxylation is 1. The van der Waals surface area contributed by atoms with E-state index in [0.29, 0.717) is 12.0 Å². The van der Waals surface area contributed by atoms with E-state index in [1.807, 2.05) is 17.5 Å². The van der Waals surface area contributed by atoms with Gasteiger partial charge in [-0.1, -0.05) is 6.07 Å². The van der Waals surface area contributed by atoms with Crippen molar-refractivity contribution in [3.05, 3.63) is 39.8 Å². The highest BCUT2D eigenvalue weighted by molar-refractivity contribution is 7.09. The molecule has 0 radical (unpaired) electrons. The Labute approximate surface area is 121 Å². The van der Waals surface area contributed by atoms with Gasteiger partial charge in [0.1, 0.15) is 12.2 Å². The molecular weight excluding hydrogens is 274 g/mol. The average molecular weight is 289 g/mol. The zero-order valence-electron chi connectivity index (χ0n) is 11.4. The monoisotopic (exact) mass is 289 g/mol. The summed E-state index contributed by atoms with van der Waals surface area (Å²) >= 11 is 1.60. The zero-order valence-corrected chi connectivity index (χ0v) is 12.2. The number of carbonyl (C=O) groups excluding carboxylic acids is 1. The van der Waals surface area contributed by atoms with Gasteiger partial charge < -0.3 is 4.74 Å². The van der Waals surface area contributed by atoms with Crippen LogP contribution in [0.15, 0.2) is 23.7 Å². The Hall–Kier alpha value is -2.13. The highest BCUT2D eigenvalue weighted by Crippen LogP contribution is 2.15. The highest BCUT2D eigenvalue weighted by atomic mass is 32.1. The van der Waals surface area contributed by atoms with Crippen LogP contribution in [0.4, 0.5) is 0 Å². The fourth-order valence-electron chi connectivity index (χ4n) is 1.77. The topological polar surface area (TPSA) is 67.9 Å². The maximum atomic E-state index is 11.9. The minimum atomic E-state index is -0.429. The highest BCUT2D eigenvalue weighted by Gasteiger charge is 2.17. The smallest absolute Gasteiger partial charge is 0.341 e. The van der Waals surface area contributed by atoms with Gasteiger partial charge in [-0.05, 0) is 18.4 Å². The molecule has 0 aliphatic heterocycles. The molecule has 0 N–H and O–H groups in total. The van der Waals surface area contributed by atoms with Gasteiger partial charge in [0.05, 0.1) is 18.2 Å². The SMILES string of the molecule is Cc1c(C(=O)OC[C@@H](C#N)Cc2cccs2)cnn1C. The van der Waals surface area contributed by atoms with E-state index in [1.54, 1.807) is 30.0 Å². The summed E-state index contributed by atoms with van der Waals surface area (Å²) in [7, 11) is 1.76. The Balaban J connectivity index is 1.92. The molecule has 0 spiro atoms. The van der Waals surface area contributed by atoms with Crippen LogP contribution in [0.3, 0.4) is 0 Å². The minimum Gasteiger partial charge on any atom is -0.461 e. The van der Waals surface area contributed by atoms with E-state index in [9.17, 15) is 4.79 Å². The molecule has 20 heavy (non-hydrogen) atoms. The zero-order chi connectivity index (χ0) is 14.5. The number of esters is 1. The van der Waals surface area contributed by atoms with Gasteiger partial charge in [0.2, 0.25) is 0 Å². The van der Waals surface area contributed by atoms with E-state index in [4.69, 9.17) is 10.00 Å². The Bertz CT molecular complexity index is 625. The second kappa shape index (κ2) is 6.35. The third-order valence-electron chi connectivity index (χ3n) is 3.08. The fourth-order valence-corrected chi connectivity index (χ4v) is 2.55. The Kier molecular flexibility index (Phi) is 4.53. The molecule has 0 amide bonds. The van der Waals surface area contributed by atoms with Crippen molar-refractivity contribution in [2.75, 3.05) is 6.61 Å². The maximum absolute atomic E-state index is 11.9. The third kappa shape index (κ3) is 3.25. The number of carbonyl (C=O) groups is 1. The number of nitriles is 1. The largest absolute Gasteiger partial charge is 0.461 e. The first kappa shape index (κ1) is 14.3. The van der Waals surface area contributed by atoms with E-state index >= 15 is 0 Å². The van der Waals surface area contributed by atoms with Gasteiger partial charge in [0.25, 0.3) is 0 Å². The van der Waals surface area contributed by atoms with Crippen LogP contribution < -0.4 is 0 Å². The van der Waals surface area contributed by atoms with Crippen molar-refractivity contribution in [2.24, 2.45) is 13.0 Å². The van der Waals surface area contributed by atoms with Gasteiger partial charge in [-0.3, -0.25) is 4.68 Å². The molecule has 5 nitrogen and oxygen atoms in total. The van der Waals surface area contributed by atoms with Gasteiger partial charge in [-0.15, -0.1) is 11.3 Å². The molecule has 1 atom stereocenters. The van der Waals surface area contributed by atoms with Gasteiger partial charge in [-0.2, -0.15) is 10.4 Å². The molecule has 2 rings (SSSR count). The molecule has 2 aromatic heterocycles. The predicted octanol–water partition coefficient (Wildman–Crippen LogP) is 2.33. The Morgan fingerprint density at radius 1 is 1.65 bits per heavy atom. The number of hydrogen-bond donors (Lipinski definition) is 0. The van der Waals surface area contributed by atoms with Gasteiger partial charge in [0, 0.05) is 24.0 Å². The van der Waals surface area contributed by atoms with Crippen molar-refractivity contribution >= 4 is 17.3 Å². The van der Waals surface area contributed by atoms with Crippen molar-refractivity contribution < 1.29 is 9.53 Å². The quantitative estimate of drug-likeness (QED) is 0.792. The van der Waals surface area contributed by atoms with Crippen molar-refractivity contribution in [1.29, 1.82) is 5.26 Å². The summed E-state index contributed by atoms with van der Waals surface area (Å²) in [4.78, 5) is 13.0. The van der Waals surface area contributed by atoms with Crippen LogP contribution in [0, 0.1) is 24.2 Å². The van der Waals surface area contributed by atoms with Crippen LogP contribution in [0.5, 0.6) is 0 Å². The van der Waals surface area contributed by atoms with Gasteiger partial charge in [0.15, 0.2) is 0 Å². The summed E-state index contributed by atoms with van der Waals surface area (Å²) in [6.45, 7) is 1.90. The molecule has 0 bridgehead atoms. The van der Waals surface area contributed by atoms with Crippen LogP contribution >= 0.6 is 11.3 Å². The number of aromatic nitrogens is 2. The summed E-state index contributed by atoms with van der Waals surface area (Å²) in [6, 6.07) is 6.09. The molecule has 2 heterocycles. The van der Waals surface area contributed by atoms with Crippen molar-refractivity contribution in [1.82, 2.24) is 9.78 Å². The molecule has 104 valence electrons. The lowest BCUT2D eigenvalue weighted by molar-refractivity contribution is 0.0467. The molecular formula is C14H15N3O2S. The van der Waals surface area contributed by atoms with Crippen molar-refractivity contribution in [3.63, 3.8) is 0 Å². The molecule has 0 aliphatic rings. The summed E-state index contributed by atoms with van der Waals surface area (Å²) in [6.07, 6.45) is 2.09. The molecule has 0 aliphatic carbocycles. The number of rotatable bonds is 5. The van der Waals surface area contributed by atoms with Crippen molar-refractivity contribution in [3.8, 4) is 6.07 Å². The molecule has 2 aromatic rings. The van der Waals surface area contributed by atoms with Gasteiger partial charge in [-0.25, -0.2) is 4.79 Å². The number of thiophene rings is 1. The first-order valence-electron chi connectivity index (χ1n) is 6.19. The van der Waals surface area contributed by atoms with E-state index in [-0.39, 0.29) is 12.5 Å². The fraction of sp³-hybridized carbons (Fsp3) is 0.357. The summed E-state index contributed by atoms with van der Waals surface area (Å²) in [5, 5.41) is 15.1. The number of nitrogens with zero attached hydrogens (tertiary/aromatic N) is 3. The molecule has 6 heteroatoms. The van der Waals surface area contributed by atoms with Crippen LogP contribution in [-0.2, 0) is 18.2 Å². The lowest BCUT2D eigenvalue weighted by atomic mass is 10.1. The standard InChI is InChI=1S/C14H15N3O2S/c1-10-13(8-16-17(10)2)14(18)19-9-11(7-15)6-12-4-3-5-20-12/h3-5,8,11H,6,9H2,1-2H3/t11-/m1/s1. The Morgan fingerprint density at radius 2 is 2.45 bits per heavy atom. The van der Waals surface area contributed by atoms with E-state index in [2.05, 4.69) is 11.2 Å². The Morgan fingerprint density at radius 3 is 3.00 bits per heavy atom. The minimum absolute atomic E-state index is 0.0988. The van der Waals surface area contributed by atoms with Crippen LogP contribution in [0.2, 0.25) is 0 Å². The summed E-state index contributed by atoms with van der Waals surface area (Å²) < 4.78 is 6.83. The van der Waals surface area contributed by atoms with Crippen LogP contribution in [-0.4, -0.2) is 22.4 Å². The third-order valence-corrected chi connectivity index (χ3v) is 3.98. The second-order valence-electron chi connectivity index (χ2n) is 4.48. The van der Waals surface area contributed by atoms with Gasteiger partial charge >= 0.3 is 5.97 Å². The number of ether oxygens (including phenoxy) is 1. The summed E-state index contributed by atoms with van der Waals surface area (Å²) in [5.41, 5.74) is 1.20. The lowest BCUT2D eigenvalue weighted by Gasteiger charge is -2.09. The van der Waals surface area contributed by atoms with E-state index < -0.39 is 5.97 Å². The van der Waals surface area contributed by atoms with E-state index in [1.165, 1.54) is 6.20 Å². The molecule has 0 unspecified atom stereocenters. The first-order valence-corrected chi connectivity index (χ1v) is 7.07. The van der Waals surface area contributed by atoms with Crippen LogP contribution in [0.1, 0.15) is 20.9 Å². The maximum Gasteiger partial charge on any atom is 0.341 e. The first-order chi connectivity index (χ1) is 9.61. The van der Waals surface area contributed by atoms with Crippen LogP contribution in [0.25, 0.3) is 0 Å². The second-order valence-corrected chi connectivity index (χ2v) is 5.51. The molecule has 0 saturated carbocycles. The van der Waals surface area contributed by atoms with E-state index in [0.717, 1.165) is 10.6 Å². The predicted molar refractivity (Wildman–Crippen MR) is 75.4 cm³/mol. The number of hydrogen-bond acceptors (Lipinski definition) is 5. The lowest BCUT2D eigenvalue weighted by Crippen LogP contribution is -2.15. The molecule has 0 saturated heterocycles. The normalized spacial score (nSPS) is 11.8. The van der Waals surface area contributed by atoms with Crippen molar-refractivity contribution in [2.45, 2.75) is 13.3 Å². The summed E-state index contributed by atoms with van der Waals surface area (Å²) in [5.74, 6) is -0.753.